The Hall–Kier alpha value is -1.55. The topological polar surface area (TPSA) is 49.8 Å². The predicted octanol–water partition coefficient (Wildman–Crippen LogP) is 2.77. The van der Waals surface area contributed by atoms with Crippen molar-refractivity contribution in [2.24, 2.45) is 0 Å². The first-order valence-electron chi connectivity index (χ1n) is 6.70. The molecule has 0 spiro atoms. The molecule has 0 fully saturated rings. The van der Waals surface area contributed by atoms with Crippen LogP contribution in [0.1, 0.15) is 32.8 Å². The van der Waals surface area contributed by atoms with Gasteiger partial charge in [0.25, 0.3) is 0 Å². The number of carboxylic acids is 1. The van der Waals surface area contributed by atoms with Crippen LogP contribution in [-0.4, -0.2) is 35.2 Å². The van der Waals surface area contributed by atoms with E-state index in [0.717, 1.165) is 12.3 Å². The summed E-state index contributed by atoms with van der Waals surface area (Å²) in [6.07, 6.45) is 0.176. The molecule has 0 aromatic heterocycles. The average molecular weight is 265 g/mol. The molecule has 0 bridgehead atoms. The zero-order valence-electron chi connectivity index (χ0n) is 11.9. The molecule has 0 saturated heterocycles. The van der Waals surface area contributed by atoms with E-state index in [4.69, 9.17) is 9.84 Å². The first kappa shape index (κ1) is 15.5. The Morgan fingerprint density at radius 2 is 1.95 bits per heavy atom. The Kier molecular flexibility index (Phi) is 6.36. The molecule has 1 aromatic carbocycles. The van der Waals surface area contributed by atoms with E-state index in [2.05, 4.69) is 18.7 Å². The van der Waals surface area contributed by atoms with Gasteiger partial charge in [0.15, 0.2) is 0 Å². The lowest BCUT2D eigenvalue weighted by atomic mass is 10.1. The molecule has 0 aliphatic carbocycles. The monoisotopic (exact) mass is 265 g/mol. The Bertz CT molecular complexity index is 387. The maximum absolute atomic E-state index is 10.7. The molecule has 0 aliphatic rings. The zero-order valence-corrected chi connectivity index (χ0v) is 11.9. The summed E-state index contributed by atoms with van der Waals surface area (Å²) in [5, 5.41) is 8.76. The summed E-state index contributed by atoms with van der Waals surface area (Å²) in [5.74, 6) is 0.116. The maximum atomic E-state index is 10.7. The van der Waals surface area contributed by atoms with Gasteiger partial charge in [-0.1, -0.05) is 12.1 Å². The van der Waals surface area contributed by atoms with E-state index in [1.807, 2.05) is 31.2 Å². The fraction of sp³-hybridized carbons (Fsp3) is 0.533. The van der Waals surface area contributed by atoms with Crippen LogP contribution in [0.25, 0.3) is 0 Å². The molecule has 4 nitrogen and oxygen atoms in total. The first-order chi connectivity index (χ1) is 9.02. The first-order valence-corrected chi connectivity index (χ1v) is 6.70. The van der Waals surface area contributed by atoms with Crippen LogP contribution in [0.15, 0.2) is 24.3 Å². The minimum absolute atomic E-state index is 0.176. The number of hydrogen-bond donors (Lipinski definition) is 1. The number of aliphatic carboxylic acids is 1. The van der Waals surface area contributed by atoms with Gasteiger partial charge in [-0.3, -0.25) is 9.69 Å². The molecular formula is C15H23NO3. The number of ether oxygens (including phenoxy) is 1. The van der Waals surface area contributed by atoms with Gasteiger partial charge in [-0.25, -0.2) is 0 Å². The number of rotatable bonds is 8. The van der Waals surface area contributed by atoms with Gasteiger partial charge < -0.3 is 9.84 Å². The molecule has 0 radical (unpaired) electrons. The Balaban J connectivity index is 2.60. The lowest BCUT2D eigenvalue weighted by Crippen LogP contribution is -2.32. The normalized spacial score (nSPS) is 11.0. The second-order valence-electron chi connectivity index (χ2n) is 4.78. The lowest BCUT2D eigenvalue weighted by molar-refractivity contribution is -0.137. The van der Waals surface area contributed by atoms with Crippen LogP contribution in [0.2, 0.25) is 0 Å². The van der Waals surface area contributed by atoms with E-state index in [0.29, 0.717) is 19.2 Å². The van der Waals surface area contributed by atoms with Crippen LogP contribution in [0.5, 0.6) is 5.75 Å². The summed E-state index contributed by atoms with van der Waals surface area (Å²) in [7, 11) is 0. The highest BCUT2D eigenvalue weighted by Crippen LogP contribution is 2.15. The molecule has 0 heterocycles. The van der Waals surface area contributed by atoms with Gasteiger partial charge in [0.2, 0.25) is 0 Å². The van der Waals surface area contributed by atoms with Crippen molar-refractivity contribution < 1.29 is 14.6 Å². The molecule has 1 N–H and O–H groups in total. The van der Waals surface area contributed by atoms with E-state index in [1.54, 1.807) is 0 Å². The Morgan fingerprint density at radius 3 is 2.42 bits per heavy atom. The van der Waals surface area contributed by atoms with Gasteiger partial charge in [0.05, 0.1) is 13.0 Å². The van der Waals surface area contributed by atoms with Gasteiger partial charge >= 0.3 is 5.97 Å². The minimum Gasteiger partial charge on any atom is -0.494 e. The van der Waals surface area contributed by atoms with E-state index < -0.39 is 5.97 Å². The summed E-state index contributed by atoms with van der Waals surface area (Å²) >= 11 is 0. The summed E-state index contributed by atoms with van der Waals surface area (Å²) in [4.78, 5) is 12.8. The second kappa shape index (κ2) is 7.79. The summed E-state index contributed by atoms with van der Waals surface area (Å²) in [6.45, 7) is 8.11. The predicted molar refractivity (Wildman–Crippen MR) is 75.4 cm³/mol. The molecule has 0 atom stereocenters. The van der Waals surface area contributed by atoms with Crippen LogP contribution < -0.4 is 4.74 Å². The fourth-order valence-electron chi connectivity index (χ4n) is 1.85. The highest BCUT2D eigenvalue weighted by Gasteiger charge is 2.11. The van der Waals surface area contributed by atoms with Crippen molar-refractivity contribution in [1.82, 2.24) is 4.90 Å². The van der Waals surface area contributed by atoms with Crippen LogP contribution in [0, 0.1) is 0 Å². The molecule has 0 saturated carbocycles. The molecule has 0 amide bonds. The quantitative estimate of drug-likeness (QED) is 0.785. The highest BCUT2D eigenvalue weighted by molar-refractivity contribution is 5.66. The number of nitrogens with zero attached hydrogens (tertiary/aromatic N) is 1. The van der Waals surface area contributed by atoms with Crippen molar-refractivity contribution >= 4 is 5.97 Å². The van der Waals surface area contributed by atoms with Crippen LogP contribution in [0.3, 0.4) is 0 Å². The SMILES string of the molecule is CCOc1ccc(CN(CCC(=O)O)C(C)C)cc1. The van der Waals surface area contributed by atoms with Crippen molar-refractivity contribution in [3.63, 3.8) is 0 Å². The second-order valence-corrected chi connectivity index (χ2v) is 4.78. The number of carboxylic acid groups (broad SMARTS) is 1. The maximum Gasteiger partial charge on any atom is 0.304 e. The zero-order chi connectivity index (χ0) is 14.3. The third-order valence-corrected chi connectivity index (χ3v) is 2.96. The van der Waals surface area contributed by atoms with Crippen molar-refractivity contribution in [3.8, 4) is 5.75 Å². The van der Waals surface area contributed by atoms with Gasteiger partial charge in [-0.2, -0.15) is 0 Å². The van der Waals surface area contributed by atoms with Crippen molar-refractivity contribution in [3.05, 3.63) is 29.8 Å². The molecule has 1 aromatic rings. The van der Waals surface area contributed by atoms with E-state index in [1.165, 1.54) is 5.56 Å². The molecule has 0 unspecified atom stereocenters. The summed E-state index contributed by atoms with van der Waals surface area (Å²) in [6, 6.07) is 8.29. The fourth-order valence-corrected chi connectivity index (χ4v) is 1.85. The van der Waals surface area contributed by atoms with Crippen LogP contribution in [-0.2, 0) is 11.3 Å². The van der Waals surface area contributed by atoms with E-state index in [-0.39, 0.29) is 6.42 Å². The van der Waals surface area contributed by atoms with E-state index >= 15 is 0 Å². The van der Waals surface area contributed by atoms with Crippen molar-refractivity contribution in [2.45, 2.75) is 39.8 Å². The van der Waals surface area contributed by atoms with Gasteiger partial charge in [0.1, 0.15) is 5.75 Å². The molecule has 106 valence electrons. The van der Waals surface area contributed by atoms with Crippen molar-refractivity contribution in [2.75, 3.05) is 13.2 Å². The molecule has 19 heavy (non-hydrogen) atoms. The highest BCUT2D eigenvalue weighted by atomic mass is 16.5. The largest absolute Gasteiger partial charge is 0.494 e. The summed E-state index contributed by atoms with van der Waals surface area (Å²) < 4.78 is 5.40. The van der Waals surface area contributed by atoms with E-state index in [9.17, 15) is 4.79 Å². The van der Waals surface area contributed by atoms with Gasteiger partial charge in [-0.15, -0.1) is 0 Å². The molecule has 1 rings (SSSR count). The average Bonchev–Trinajstić information content (AvgIpc) is 2.36. The van der Waals surface area contributed by atoms with Crippen LogP contribution in [0.4, 0.5) is 0 Å². The third-order valence-electron chi connectivity index (χ3n) is 2.96. The summed E-state index contributed by atoms with van der Waals surface area (Å²) in [5.41, 5.74) is 1.17. The third kappa shape index (κ3) is 5.75. The molecular weight excluding hydrogens is 242 g/mol. The molecule has 0 aliphatic heterocycles. The van der Waals surface area contributed by atoms with Gasteiger partial charge in [0, 0.05) is 19.1 Å². The number of carbonyl (C=O) groups is 1. The Labute approximate surface area is 115 Å². The van der Waals surface area contributed by atoms with Crippen LogP contribution >= 0.6 is 0 Å². The number of hydrogen-bond acceptors (Lipinski definition) is 3. The van der Waals surface area contributed by atoms with Gasteiger partial charge in [-0.05, 0) is 38.5 Å². The molecule has 4 heteroatoms. The Morgan fingerprint density at radius 1 is 1.32 bits per heavy atom. The number of benzene rings is 1. The lowest BCUT2D eigenvalue weighted by Gasteiger charge is -2.25. The minimum atomic E-state index is -0.752. The smallest absolute Gasteiger partial charge is 0.304 e. The van der Waals surface area contributed by atoms with Crippen molar-refractivity contribution in [1.29, 1.82) is 0 Å². The standard InChI is InChI=1S/C15H23NO3/c1-4-19-14-7-5-13(6-8-14)11-16(12(2)3)10-9-15(17)18/h5-8,12H,4,9-11H2,1-3H3,(H,17,18).